The number of hydrogen-bond acceptors (Lipinski definition) is 3. The molecule has 0 aromatic heterocycles. The van der Waals surface area contributed by atoms with Crippen LogP contribution in [-0.2, 0) is 10.0 Å². The summed E-state index contributed by atoms with van der Waals surface area (Å²) in [6, 6.07) is 4.61. The first-order valence-corrected chi connectivity index (χ1v) is 7.53. The topological polar surface area (TPSA) is 86.2 Å². The summed E-state index contributed by atoms with van der Waals surface area (Å²) in [6.07, 6.45) is 6.64. The molecule has 1 aromatic rings. The first-order valence-electron chi connectivity index (χ1n) is 5.98. The van der Waals surface area contributed by atoms with Crippen molar-refractivity contribution in [2.75, 3.05) is 0 Å². The molecular weight excluding hydrogens is 248 g/mol. The molecule has 0 aliphatic heterocycles. The standard InChI is InChI=1S/C13H18N2O2S/c1-9(14)13-8-12(18(15,16)17)7-6-11(13)5-4-10-2-3-10/h4-10H,2-3,14H2,1H3,(H2,15,16,17)/b5-4+/t9-/m1/s1. The smallest absolute Gasteiger partial charge is 0.238 e. The molecule has 0 heterocycles. The molecule has 0 saturated heterocycles. The van der Waals surface area contributed by atoms with Crippen LogP contribution in [0.4, 0.5) is 0 Å². The maximum absolute atomic E-state index is 11.3. The first kappa shape index (κ1) is 13.3. The fourth-order valence-corrected chi connectivity index (χ4v) is 2.35. The second-order valence-corrected chi connectivity index (χ2v) is 6.38. The molecule has 0 unspecified atom stereocenters. The first-order chi connectivity index (χ1) is 8.38. The number of benzene rings is 1. The van der Waals surface area contributed by atoms with Crippen LogP contribution in [0.5, 0.6) is 0 Å². The number of nitrogens with two attached hydrogens (primary N) is 2. The third-order valence-corrected chi connectivity index (χ3v) is 3.96. The Bertz CT molecular complexity index is 573. The second kappa shape index (κ2) is 4.84. The highest BCUT2D eigenvalue weighted by atomic mass is 32.2. The largest absolute Gasteiger partial charge is 0.324 e. The highest BCUT2D eigenvalue weighted by Crippen LogP contribution is 2.31. The molecule has 0 radical (unpaired) electrons. The van der Waals surface area contributed by atoms with Gasteiger partial charge in [-0.25, -0.2) is 13.6 Å². The van der Waals surface area contributed by atoms with Crippen LogP contribution >= 0.6 is 0 Å². The van der Waals surface area contributed by atoms with Gasteiger partial charge in [0.05, 0.1) is 4.90 Å². The van der Waals surface area contributed by atoms with Crippen LogP contribution in [0.2, 0.25) is 0 Å². The number of sulfonamides is 1. The monoisotopic (exact) mass is 266 g/mol. The van der Waals surface area contributed by atoms with Crippen molar-refractivity contribution in [1.29, 1.82) is 0 Å². The minimum atomic E-state index is -3.67. The minimum Gasteiger partial charge on any atom is -0.324 e. The van der Waals surface area contributed by atoms with Gasteiger partial charge in [-0.15, -0.1) is 0 Å². The summed E-state index contributed by atoms with van der Waals surface area (Å²) in [7, 11) is -3.67. The summed E-state index contributed by atoms with van der Waals surface area (Å²) in [4.78, 5) is 0.110. The third-order valence-electron chi connectivity index (χ3n) is 3.05. The lowest BCUT2D eigenvalue weighted by Crippen LogP contribution is -2.14. The molecule has 2 rings (SSSR count). The summed E-state index contributed by atoms with van der Waals surface area (Å²) >= 11 is 0. The van der Waals surface area contributed by atoms with E-state index in [9.17, 15) is 8.42 Å². The van der Waals surface area contributed by atoms with Crippen molar-refractivity contribution in [3.63, 3.8) is 0 Å². The molecule has 5 heteroatoms. The Morgan fingerprint density at radius 2 is 2.06 bits per heavy atom. The zero-order chi connectivity index (χ0) is 13.3. The molecule has 4 nitrogen and oxygen atoms in total. The molecule has 4 N–H and O–H groups in total. The number of allylic oxidation sites excluding steroid dienone is 1. The van der Waals surface area contributed by atoms with Crippen LogP contribution in [0.3, 0.4) is 0 Å². The lowest BCUT2D eigenvalue weighted by atomic mass is 10.0. The summed E-state index contributed by atoms with van der Waals surface area (Å²) in [5.41, 5.74) is 7.65. The Morgan fingerprint density at radius 3 is 2.56 bits per heavy atom. The van der Waals surface area contributed by atoms with E-state index in [1.54, 1.807) is 12.1 Å². The minimum absolute atomic E-state index is 0.110. The van der Waals surface area contributed by atoms with Gasteiger partial charge in [-0.2, -0.15) is 0 Å². The van der Waals surface area contributed by atoms with Gasteiger partial charge < -0.3 is 5.73 Å². The van der Waals surface area contributed by atoms with Crippen LogP contribution < -0.4 is 10.9 Å². The lowest BCUT2D eigenvalue weighted by Gasteiger charge is -2.11. The van der Waals surface area contributed by atoms with E-state index in [2.05, 4.69) is 6.08 Å². The van der Waals surface area contributed by atoms with Gasteiger partial charge in [-0.1, -0.05) is 18.2 Å². The molecule has 1 aliphatic carbocycles. The van der Waals surface area contributed by atoms with Crippen LogP contribution in [0.1, 0.15) is 36.9 Å². The molecule has 98 valence electrons. The fraction of sp³-hybridized carbons (Fsp3) is 0.385. The Balaban J connectivity index is 2.40. The predicted molar refractivity (Wildman–Crippen MR) is 72.2 cm³/mol. The van der Waals surface area contributed by atoms with E-state index < -0.39 is 10.0 Å². The van der Waals surface area contributed by atoms with Crippen LogP contribution in [-0.4, -0.2) is 8.42 Å². The molecule has 1 fully saturated rings. The molecule has 0 spiro atoms. The maximum atomic E-state index is 11.3. The Hall–Kier alpha value is -1.17. The highest BCUT2D eigenvalue weighted by Gasteiger charge is 2.18. The fourth-order valence-electron chi connectivity index (χ4n) is 1.80. The van der Waals surface area contributed by atoms with Crippen molar-refractivity contribution in [1.82, 2.24) is 0 Å². The van der Waals surface area contributed by atoms with Gasteiger partial charge in [0, 0.05) is 6.04 Å². The van der Waals surface area contributed by atoms with E-state index in [4.69, 9.17) is 10.9 Å². The second-order valence-electron chi connectivity index (χ2n) is 4.82. The van der Waals surface area contributed by atoms with Gasteiger partial charge in [0.25, 0.3) is 0 Å². The van der Waals surface area contributed by atoms with Gasteiger partial charge in [0.15, 0.2) is 0 Å². The number of rotatable bonds is 4. The molecule has 0 bridgehead atoms. The normalized spacial score (nSPS) is 18.2. The van der Waals surface area contributed by atoms with Gasteiger partial charge in [-0.3, -0.25) is 0 Å². The zero-order valence-corrected chi connectivity index (χ0v) is 11.2. The van der Waals surface area contributed by atoms with Crippen LogP contribution in [0, 0.1) is 5.92 Å². The van der Waals surface area contributed by atoms with Crippen LogP contribution in [0.15, 0.2) is 29.2 Å². The van der Waals surface area contributed by atoms with E-state index in [-0.39, 0.29) is 10.9 Å². The summed E-state index contributed by atoms with van der Waals surface area (Å²) in [5, 5.41) is 5.12. The average Bonchev–Trinajstić information content (AvgIpc) is 3.08. The van der Waals surface area contributed by atoms with Crippen molar-refractivity contribution >= 4 is 16.1 Å². The molecular formula is C13H18N2O2S. The van der Waals surface area contributed by atoms with Crippen molar-refractivity contribution in [2.24, 2.45) is 16.8 Å². The van der Waals surface area contributed by atoms with Crippen molar-refractivity contribution in [3.8, 4) is 0 Å². The summed E-state index contributed by atoms with van der Waals surface area (Å²) in [6.45, 7) is 1.83. The highest BCUT2D eigenvalue weighted by molar-refractivity contribution is 7.89. The molecule has 1 aromatic carbocycles. The lowest BCUT2D eigenvalue weighted by molar-refractivity contribution is 0.597. The van der Waals surface area contributed by atoms with Gasteiger partial charge in [0.1, 0.15) is 0 Å². The Kier molecular flexibility index (Phi) is 3.56. The van der Waals surface area contributed by atoms with Gasteiger partial charge in [0.2, 0.25) is 10.0 Å². The molecule has 0 amide bonds. The quantitative estimate of drug-likeness (QED) is 0.871. The van der Waals surface area contributed by atoms with Crippen molar-refractivity contribution < 1.29 is 8.42 Å². The summed E-state index contributed by atoms with van der Waals surface area (Å²) < 4.78 is 22.6. The van der Waals surface area contributed by atoms with Crippen LogP contribution in [0.25, 0.3) is 6.08 Å². The molecule has 1 aliphatic rings. The molecule has 1 saturated carbocycles. The molecule has 18 heavy (non-hydrogen) atoms. The van der Waals surface area contributed by atoms with Gasteiger partial charge in [-0.05, 0) is 48.9 Å². The Morgan fingerprint density at radius 1 is 1.39 bits per heavy atom. The predicted octanol–water partition coefficient (Wildman–Crippen LogP) is 1.78. The van der Waals surface area contributed by atoms with E-state index in [1.807, 2.05) is 13.0 Å². The number of primary sulfonamides is 1. The average molecular weight is 266 g/mol. The number of hydrogen-bond donors (Lipinski definition) is 2. The maximum Gasteiger partial charge on any atom is 0.238 e. The van der Waals surface area contributed by atoms with Crippen molar-refractivity contribution in [2.45, 2.75) is 30.7 Å². The van der Waals surface area contributed by atoms with E-state index in [0.29, 0.717) is 5.92 Å². The zero-order valence-electron chi connectivity index (χ0n) is 10.3. The van der Waals surface area contributed by atoms with E-state index >= 15 is 0 Å². The third kappa shape index (κ3) is 3.19. The van der Waals surface area contributed by atoms with E-state index in [1.165, 1.54) is 18.9 Å². The van der Waals surface area contributed by atoms with Gasteiger partial charge >= 0.3 is 0 Å². The Labute approximate surface area is 108 Å². The summed E-state index contributed by atoms with van der Waals surface area (Å²) in [5.74, 6) is 0.670. The van der Waals surface area contributed by atoms with Crippen molar-refractivity contribution in [3.05, 3.63) is 35.4 Å². The van der Waals surface area contributed by atoms with E-state index in [0.717, 1.165) is 11.1 Å². The molecule has 1 atom stereocenters. The SMILES string of the molecule is C[C@@H](N)c1cc(S(N)(=O)=O)ccc1/C=C/C1CC1.